The summed E-state index contributed by atoms with van der Waals surface area (Å²) in [5.41, 5.74) is 0.532. The van der Waals surface area contributed by atoms with Crippen LogP contribution in [0.25, 0.3) is 0 Å². The van der Waals surface area contributed by atoms with Crippen LogP contribution in [0, 0.1) is 6.92 Å². The van der Waals surface area contributed by atoms with E-state index in [0.29, 0.717) is 0 Å². The predicted molar refractivity (Wildman–Crippen MR) is 71.5 cm³/mol. The summed E-state index contributed by atoms with van der Waals surface area (Å²) in [7, 11) is 0. The van der Waals surface area contributed by atoms with Crippen molar-refractivity contribution in [3.05, 3.63) is 16.1 Å². The molecule has 0 spiro atoms. The standard InChI is InChI=1S/C13H22N2OS/c1-3-6-15-7-4-13(16,5-8-15)9-12-10-17-11(2)14-12/h10,16H,3-9H2,1-2H3. The van der Waals surface area contributed by atoms with Gasteiger partial charge in [0.15, 0.2) is 0 Å². The maximum Gasteiger partial charge on any atom is 0.0897 e. The molecule has 2 rings (SSSR count). The van der Waals surface area contributed by atoms with E-state index in [-0.39, 0.29) is 0 Å². The summed E-state index contributed by atoms with van der Waals surface area (Å²) in [6.07, 6.45) is 3.67. The molecule has 96 valence electrons. The summed E-state index contributed by atoms with van der Waals surface area (Å²) in [6.45, 7) is 7.42. The van der Waals surface area contributed by atoms with Gasteiger partial charge in [0.1, 0.15) is 0 Å². The van der Waals surface area contributed by atoms with Crippen molar-refractivity contribution in [2.45, 2.75) is 45.1 Å². The molecule has 1 saturated heterocycles. The van der Waals surface area contributed by atoms with Crippen molar-refractivity contribution in [2.75, 3.05) is 19.6 Å². The van der Waals surface area contributed by atoms with Gasteiger partial charge in [0.25, 0.3) is 0 Å². The van der Waals surface area contributed by atoms with Crippen molar-refractivity contribution in [3.63, 3.8) is 0 Å². The lowest BCUT2D eigenvalue weighted by Crippen LogP contribution is -2.45. The van der Waals surface area contributed by atoms with Crippen LogP contribution >= 0.6 is 11.3 Å². The summed E-state index contributed by atoms with van der Waals surface area (Å²) in [6, 6.07) is 0. The molecule has 1 aromatic rings. The van der Waals surface area contributed by atoms with E-state index in [1.807, 2.05) is 6.92 Å². The van der Waals surface area contributed by atoms with Gasteiger partial charge >= 0.3 is 0 Å². The highest BCUT2D eigenvalue weighted by molar-refractivity contribution is 7.09. The molecule has 3 nitrogen and oxygen atoms in total. The van der Waals surface area contributed by atoms with Crippen LogP contribution in [0.1, 0.15) is 36.9 Å². The first-order chi connectivity index (χ1) is 8.11. The van der Waals surface area contributed by atoms with Crippen LogP contribution < -0.4 is 0 Å². The zero-order valence-electron chi connectivity index (χ0n) is 10.8. The van der Waals surface area contributed by atoms with E-state index in [1.165, 1.54) is 6.42 Å². The van der Waals surface area contributed by atoms with E-state index in [9.17, 15) is 5.11 Å². The van der Waals surface area contributed by atoms with Gasteiger partial charge in [0, 0.05) is 24.9 Å². The van der Waals surface area contributed by atoms with Gasteiger partial charge in [0.05, 0.1) is 16.3 Å². The average molecular weight is 254 g/mol. The number of aromatic nitrogens is 1. The average Bonchev–Trinajstić information content (AvgIpc) is 2.68. The first kappa shape index (κ1) is 13.0. The minimum atomic E-state index is -0.523. The Labute approximate surface area is 107 Å². The number of rotatable bonds is 4. The Balaban J connectivity index is 1.89. The summed E-state index contributed by atoms with van der Waals surface area (Å²) in [5.74, 6) is 0. The van der Waals surface area contributed by atoms with E-state index >= 15 is 0 Å². The number of thiazole rings is 1. The lowest BCUT2D eigenvalue weighted by Gasteiger charge is -2.37. The maximum atomic E-state index is 10.6. The number of nitrogens with zero attached hydrogens (tertiary/aromatic N) is 2. The first-order valence-corrected chi connectivity index (χ1v) is 7.35. The maximum absolute atomic E-state index is 10.6. The summed E-state index contributed by atoms with van der Waals surface area (Å²) in [4.78, 5) is 6.90. The number of aliphatic hydroxyl groups is 1. The van der Waals surface area contributed by atoms with Gasteiger partial charge in [-0.2, -0.15) is 0 Å². The Kier molecular flexibility index (Phi) is 4.17. The van der Waals surface area contributed by atoms with E-state index in [1.54, 1.807) is 11.3 Å². The molecule has 1 N–H and O–H groups in total. The second-order valence-electron chi connectivity index (χ2n) is 5.10. The molecule has 1 aromatic heterocycles. The third-order valence-corrected chi connectivity index (χ3v) is 4.33. The van der Waals surface area contributed by atoms with Gasteiger partial charge in [-0.1, -0.05) is 6.92 Å². The summed E-state index contributed by atoms with van der Waals surface area (Å²) in [5, 5.41) is 13.7. The van der Waals surface area contributed by atoms with E-state index in [2.05, 4.69) is 22.2 Å². The fourth-order valence-corrected chi connectivity index (χ4v) is 3.13. The molecular weight excluding hydrogens is 232 g/mol. The zero-order chi connectivity index (χ0) is 12.3. The van der Waals surface area contributed by atoms with E-state index in [0.717, 1.165) is 49.6 Å². The first-order valence-electron chi connectivity index (χ1n) is 6.47. The normalized spacial score (nSPS) is 20.6. The number of hydrogen-bond acceptors (Lipinski definition) is 4. The Morgan fingerprint density at radius 1 is 1.47 bits per heavy atom. The molecule has 0 saturated carbocycles. The highest BCUT2D eigenvalue weighted by Gasteiger charge is 2.32. The quantitative estimate of drug-likeness (QED) is 0.895. The van der Waals surface area contributed by atoms with Crippen LogP contribution in [-0.2, 0) is 6.42 Å². The topological polar surface area (TPSA) is 36.4 Å². The molecule has 0 aromatic carbocycles. The van der Waals surface area contributed by atoms with E-state index in [4.69, 9.17) is 0 Å². The fraction of sp³-hybridized carbons (Fsp3) is 0.769. The van der Waals surface area contributed by atoms with Gasteiger partial charge < -0.3 is 10.0 Å². The molecule has 0 atom stereocenters. The minimum Gasteiger partial charge on any atom is -0.389 e. The SMILES string of the molecule is CCCN1CCC(O)(Cc2csc(C)n2)CC1. The van der Waals surface area contributed by atoms with Crippen LogP contribution in [0.3, 0.4) is 0 Å². The fourth-order valence-electron chi connectivity index (χ4n) is 2.51. The molecule has 0 radical (unpaired) electrons. The lowest BCUT2D eigenvalue weighted by molar-refractivity contribution is -0.0210. The molecule has 2 heterocycles. The zero-order valence-corrected chi connectivity index (χ0v) is 11.6. The van der Waals surface area contributed by atoms with E-state index < -0.39 is 5.60 Å². The molecule has 1 fully saturated rings. The van der Waals surface area contributed by atoms with Crippen LogP contribution in [0.4, 0.5) is 0 Å². The van der Waals surface area contributed by atoms with Crippen LogP contribution in [-0.4, -0.2) is 40.2 Å². The molecule has 1 aliphatic heterocycles. The molecule has 17 heavy (non-hydrogen) atoms. The number of likely N-dealkylation sites (tertiary alicyclic amines) is 1. The predicted octanol–water partition coefficient (Wildman–Crippen LogP) is 2.23. The van der Waals surface area contributed by atoms with Crippen molar-refractivity contribution in [1.82, 2.24) is 9.88 Å². The van der Waals surface area contributed by atoms with Crippen LogP contribution in [0.5, 0.6) is 0 Å². The van der Waals surface area contributed by atoms with Gasteiger partial charge in [0.2, 0.25) is 0 Å². The molecule has 0 aliphatic carbocycles. The van der Waals surface area contributed by atoms with Crippen molar-refractivity contribution in [1.29, 1.82) is 0 Å². The number of hydrogen-bond donors (Lipinski definition) is 1. The van der Waals surface area contributed by atoms with Gasteiger partial charge in [-0.15, -0.1) is 11.3 Å². The Hall–Kier alpha value is -0.450. The molecule has 1 aliphatic rings. The monoisotopic (exact) mass is 254 g/mol. The summed E-state index contributed by atoms with van der Waals surface area (Å²) < 4.78 is 0. The Morgan fingerprint density at radius 3 is 2.71 bits per heavy atom. The third-order valence-electron chi connectivity index (χ3n) is 3.50. The van der Waals surface area contributed by atoms with Gasteiger partial charge in [-0.05, 0) is 32.7 Å². The van der Waals surface area contributed by atoms with Crippen LogP contribution in [0.15, 0.2) is 5.38 Å². The van der Waals surface area contributed by atoms with Crippen molar-refractivity contribution < 1.29 is 5.11 Å². The summed E-state index contributed by atoms with van der Waals surface area (Å²) >= 11 is 1.67. The van der Waals surface area contributed by atoms with Gasteiger partial charge in [-0.25, -0.2) is 4.98 Å². The molecule has 0 unspecified atom stereocenters. The van der Waals surface area contributed by atoms with Crippen molar-refractivity contribution in [3.8, 4) is 0 Å². The Bertz CT molecular complexity index is 356. The molecule has 0 bridgehead atoms. The second kappa shape index (κ2) is 5.46. The van der Waals surface area contributed by atoms with Crippen molar-refractivity contribution >= 4 is 11.3 Å². The highest BCUT2D eigenvalue weighted by Crippen LogP contribution is 2.26. The third kappa shape index (κ3) is 3.50. The Morgan fingerprint density at radius 2 is 2.18 bits per heavy atom. The van der Waals surface area contributed by atoms with Crippen molar-refractivity contribution in [2.24, 2.45) is 0 Å². The smallest absolute Gasteiger partial charge is 0.0897 e. The highest BCUT2D eigenvalue weighted by atomic mass is 32.1. The number of aryl methyl sites for hydroxylation is 1. The van der Waals surface area contributed by atoms with Crippen LogP contribution in [0.2, 0.25) is 0 Å². The number of piperidine rings is 1. The molecule has 4 heteroatoms. The molecule has 0 amide bonds. The molecular formula is C13H22N2OS. The lowest BCUT2D eigenvalue weighted by atomic mass is 9.87. The minimum absolute atomic E-state index is 0.523. The van der Waals surface area contributed by atoms with Gasteiger partial charge in [-0.3, -0.25) is 0 Å². The largest absolute Gasteiger partial charge is 0.389 e. The second-order valence-corrected chi connectivity index (χ2v) is 6.16.